The van der Waals surface area contributed by atoms with Crippen LogP contribution in [0.5, 0.6) is 0 Å². The molecular formula is C23H28N6O. The Morgan fingerprint density at radius 2 is 2.13 bits per heavy atom. The summed E-state index contributed by atoms with van der Waals surface area (Å²) in [5, 5.41) is 7.75. The molecule has 0 spiro atoms. The molecule has 1 aliphatic rings. The zero-order chi connectivity index (χ0) is 21.1. The number of hydrogen-bond donors (Lipinski definition) is 1. The maximum absolute atomic E-state index is 10.9. The molecule has 0 saturated heterocycles. The van der Waals surface area contributed by atoms with Crippen molar-refractivity contribution in [3.63, 3.8) is 0 Å². The Bertz CT molecular complexity index is 1100. The van der Waals surface area contributed by atoms with Gasteiger partial charge < -0.3 is 14.7 Å². The number of aryl methyl sites for hydroxylation is 1. The summed E-state index contributed by atoms with van der Waals surface area (Å²) in [6.07, 6.45) is 12.7. The fourth-order valence-electron chi connectivity index (χ4n) is 3.90. The second-order valence-electron chi connectivity index (χ2n) is 7.92. The van der Waals surface area contributed by atoms with Gasteiger partial charge in [-0.05, 0) is 44.4 Å². The maximum atomic E-state index is 10.9. The van der Waals surface area contributed by atoms with Crippen LogP contribution in [0, 0.1) is 5.92 Å². The number of unbranched alkanes of at least 4 members (excludes halogenated alkanes) is 1. The Morgan fingerprint density at radius 3 is 2.90 bits per heavy atom. The highest BCUT2D eigenvalue weighted by molar-refractivity contribution is 6.03. The van der Waals surface area contributed by atoms with Gasteiger partial charge in [-0.15, -0.1) is 0 Å². The van der Waals surface area contributed by atoms with Crippen LogP contribution in [-0.2, 0) is 11.8 Å². The van der Waals surface area contributed by atoms with Gasteiger partial charge in [-0.1, -0.05) is 13.3 Å². The SMILES string of the molecule is CCC/C=C(/N=C(/C)c1c(-c2ccn3nccc3n2)ccn1C)NC1CC(C=O)C1. The third-order valence-corrected chi connectivity index (χ3v) is 5.58. The van der Waals surface area contributed by atoms with Crippen LogP contribution in [0.3, 0.4) is 0 Å². The molecule has 0 amide bonds. The first kappa shape index (κ1) is 20.1. The van der Waals surface area contributed by atoms with Gasteiger partial charge in [0.2, 0.25) is 0 Å². The summed E-state index contributed by atoms with van der Waals surface area (Å²) in [6, 6.07) is 6.27. The Morgan fingerprint density at radius 1 is 1.30 bits per heavy atom. The molecule has 1 N–H and O–H groups in total. The van der Waals surface area contributed by atoms with Crippen LogP contribution in [-0.4, -0.2) is 37.2 Å². The van der Waals surface area contributed by atoms with E-state index in [-0.39, 0.29) is 5.92 Å². The van der Waals surface area contributed by atoms with Crippen molar-refractivity contribution < 1.29 is 4.79 Å². The summed E-state index contributed by atoms with van der Waals surface area (Å²) < 4.78 is 3.84. The van der Waals surface area contributed by atoms with Crippen molar-refractivity contribution in [2.24, 2.45) is 18.0 Å². The summed E-state index contributed by atoms with van der Waals surface area (Å²) in [7, 11) is 2.03. The summed E-state index contributed by atoms with van der Waals surface area (Å²) in [5.41, 5.74) is 4.72. The minimum atomic E-state index is 0.184. The molecule has 0 atom stereocenters. The van der Waals surface area contributed by atoms with Crippen molar-refractivity contribution >= 4 is 17.6 Å². The second-order valence-corrected chi connectivity index (χ2v) is 7.92. The molecule has 7 nitrogen and oxygen atoms in total. The molecule has 1 saturated carbocycles. The topological polar surface area (TPSA) is 76.6 Å². The zero-order valence-electron chi connectivity index (χ0n) is 17.7. The highest BCUT2D eigenvalue weighted by atomic mass is 16.1. The maximum Gasteiger partial charge on any atom is 0.155 e. The van der Waals surface area contributed by atoms with Gasteiger partial charge in [0.1, 0.15) is 12.1 Å². The Kier molecular flexibility index (Phi) is 5.79. The molecule has 0 radical (unpaired) electrons. The predicted molar refractivity (Wildman–Crippen MR) is 118 cm³/mol. The van der Waals surface area contributed by atoms with Crippen molar-refractivity contribution in [1.82, 2.24) is 24.5 Å². The Labute approximate surface area is 176 Å². The molecule has 156 valence electrons. The third-order valence-electron chi connectivity index (χ3n) is 5.58. The monoisotopic (exact) mass is 404 g/mol. The molecule has 3 heterocycles. The normalized spacial score (nSPS) is 19.7. The number of allylic oxidation sites excluding steroid dienone is 1. The number of aldehydes is 1. The molecule has 30 heavy (non-hydrogen) atoms. The second kappa shape index (κ2) is 8.65. The molecule has 0 aromatic carbocycles. The number of hydrogen-bond acceptors (Lipinski definition) is 5. The highest BCUT2D eigenvalue weighted by Crippen LogP contribution is 2.27. The quantitative estimate of drug-likeness (QED) is 0.458. The Balaban J connectivity index is 1.63. The number of nitrogens with zero attached hydrogens (tertiary/aromatic N) is 5. The van der Waals surface area contributed by atoms with Crippen LogP contribution in [0.1, 0.15) is 45.2 Å². The lowest BCUT2D eigenvalue weighted by Gasteiger charge is -2.33. The van der Waals surface area contributed by atoms with Gasteiger partial charge in [-0.25, -0.2) is 14.5 Å². The van der Waals surface area contributed by atoms with E-state index < -0.39 is 0 Å². The molecule has 0 bridgehead atoms. The number of aliphatic imine (C=N–C) groups is 1. The number of carbonyl (C=O) groups is 1. The smallest absolute Gasteiger partial charge is 0.155 e. The van der Waals surface area contributed by atoms with Crippen molar-refractivity contribution in [3.8, 4) is 11.3 Å². The van der Waals surface area contributed by atoms with E-state index in [1.54, 1.807) is 10.7 Å². The molecule has 7 heteroatoms. The average Bonchev–Trinajstić information content (AvgIpc) is 3.33. The fraction of sp³-hybridized carbons (Fsp3) is 0.391. The minimum absolute atomic E-state index is 0.184. The lowest BCUT2D eigenvalue weighted by atomic mass is 9.81. The van der Waals surface area contributed by atoms with E-state index in [2.05, 4.69) is 34.0 Å². The molecule has 3 aromatic heterocycles. The number of rotatable bonds is 8. The van der Waals surface area contributed by atoms with Gasteiger partial charge in [-0.3, -0.25) is 0 Å². The summed E-state index contributed by atoms with van der Waals surface area (Å²) in [4.78, 5) is 20.6. The zero-order valence-corrected chi connectivity index (χ0v) is 17.7. The molecule has 1 aliphatic carbocycles. The number of nitrogens with one attached hydrogen (secondary N) is 1. The first-order chi connectivity index (χ1) is 14.6. The van der Waals surface area contributed by atoms with E-state index in [1.165, 1.54) is 0 Å². The first-order valence-electron chi connectivity index (χ1n) is 10.5. The summed E-state index contributed by atoms with van der Waals surface area (Å²) in [6.45, 7) is 4.19. The van der Waals surface area contributed by atoms with Gasteiger partial charge >= 0.3 is 0 Å². The summed E-state index contributed by atoms with van der Waals surface area (Å²) in [5.74, 6) is 1.07. The van der Waals surface area contributed by atoms with Crippen LogP contribution in [0.4, 0.5) is 0 Å². The van der Waals surface area contributed by atoms with E-state index in [1.807, 2.05) is 38.5 Å². The third kappa shape index (κ3) is 4.06. The number of aromatic nitrogens is 4. The molecule has 1 fully saturated rings. The van der Waals surface area contributed by atoms with Crippen molar-refractivity contribution in [3.05, 3.63) is 54.4 Å². The van der Waals surface area contributed by atoms with Crippen molar-refractivity contribution in [2.75, 3.05) is 0 Å². The van der Waals surface area contributed by atoms with Crippen molar-refractivity contribution in [1.29, 1.82) is 0 Å². The average molecular weight is 405 g/mol. The van der Waals surface area contributed by atoms with Gasteiger partial charge in [0.15, 0.2) is 5.65 Å². The van der Waals surface area contributed by atoms with E-state index in [0.29, 0.717) is 6.04 Å². The highest BCUT2D eigenvalue weighted by Gasteiger charge is 2.29. The van der Waals surface area contributed by atoms with E-state index >= 15 is 0 Å². The molecule has 4 rings (SSSR count). The number of carbonyl (C=O) groups excluding carboxylic acids is 1. The van der Waals surface area contributed by atoms with Crippen molar-refractivity contribution in [2.45, 2.75) is 45.6 Å². The standard InChI is InChI=1S/C23H28N6O/c1-4-5-6-21(26-18-13-17(14-18)15-30)25-16(2)23-19(8-11-28(23)3)20-9-12-29-22(27-20)7-10-24-29/h6-12,15,17-18,26H,4-5,13-14H2,1-3H3/b21-6-,25-16-. The lowest BCUT2D eigenvalue weighted by Crippen LogP contribution is -2.41. The molecular weight excluding hydrogens is 376 g/mol. The molecule has 3 aromatic rings. The van der Waals surface area contributed by atoms with Crippen LogP contribution in [0.2, 0.25) is 0 Å². The van der Waals surface area contributed by atoms with Gasteiger partial charge in [-0.2, -0.15) is 5.10 Å². The Hall–Kier alpha value is -3.22. The first-order valence-corrected chi connectivity index (χ1v) is 10.5. The molecule has 0 aliphatic heterocycles. The predicted octanol–water partition coefficient (Wildman–Crippen LogP) is 3.75. The van der Waals surface area contributed by atoms with Crippen LogP contribution in [0.15, 0.2) is 53.7 Å². The van der Waals surface area contributed by atoms with E-state index in [9.17, 15) is 4.79 Å². The van der Waals surface area contributed by atoms with E-state index in [4.69, 9.17) is 9.98 Å². The summed E-state index contributed by atoms with van der Waals surface area (Å²) >= 11 is 0. The van der Waals surface area contributed by atoms with Crippen LogP contribution in [0.25, 0.3) is 16.9 Å². The van der Waals surface area contributed by atoms with E-state index in [0.717, 1.165) is 66.1 Å². The largest absolute Gasteiger partial charge is 0.368 e. The van der Waals surface area contributed by atoms with Gasteiger partial charge in [0.05, 0.1) is 23.3 Å². The van der Waals surface area contributed by atoms with Gasteiger partial charge in [0.25, 0.3) is 0 Å². The fourth-order valence-corrected chi connectivity index (χ4v) is 3.90. The number of fused-ring (bicyclic) bond motifs is 1. The van der Waals surface area contributed by atoms with Crippen LogP contribution < -0.4 is 5.32 Å². The van der Waals surface area contributed by atoms with Gasteiger partial charge in [0, 0.05) is 43.0 Å². The van der Waals surface area contributed by atoms with Crippen LogP contribution >= 0.6 is 0 Å². The lowest BCUT2D eigenvalue weighted by molar-refractivity contribution is -0.113. The molecule has 0 unspecified atom stereocenters. The minimum Gasteiger partial charge on any atom is -0.368 e.